The molecule has 0 saturated carbocycles. The maximum atomic E-state index is 5.60. The second-order valence-electron chi connectivity index (χ2n) is 3.18. The van der Waals surface area contributed by atoms with Crippen molar-refractivity contribution in [1.82, 2.24) is 0 Å². The van der Waals surface area contributed by atoms with Gasteiger partial charge >= 0.3 is 0 Å². The third-order valence-corrected chi connectivity index (χ3v) is 2.14. The zero-order valence-corrected chi connectivity index (χ0v) is 8.35. The lowest BCUT2D eigenvalue weighted by molar-refractivity contribution is 0.268. The predicted molar refractivity (Wildman–Crippen MR) is 57.4 cm³/mol. The van der Waals surface area contributed by atoms with Crippen molar-refractivity contribution in [2.24, 2.45) is 5.73 Å². The number of hydrogen-bond acceptors (Lipinski definition) is 3. The summed E-state index contributed by atoms with van der Waals surface area (Å²) in [6, 6.07) is 11.5. The summed E-state index contributed by atoms with van der Waals surface area (Å²) >= 11 is 0. The van der Waals surface area contributed by atoms with Crippen molar-refractivity contribution in [3.63, 3.8) is 0 Å². The molecule has 15 heavy (non-hydrogen) atoms. The number of rotatable bonds is 4. The van der Waals surface area contributed by atoms with Gasteiger partial charge in [-0.1, -0.05) is 18.2 Å². The average molecular weight is 203 g/mol. The zero-order valence-electron chi connectivity index (χ0n) is 8.35. The topological polar surface area (TPSA) is 48.4 Å². The van der Waals surface area contributed by atoms with Crippen LogP contribution in [0.4, 0.5) is 0 Å². The van der Waals surface area contributed by atoms with E-state index in [9.17, 15) is 0 Å². The van der Waals surface area contributed by atoms with Gasteiger partial charge in [-0.05, 0) is 18.2 Å². The van der Waals surface area contributed by atoms with Gasteiger partial charge in [0, 0.05) is 12.1 Å². The number of ether oxygens (including phenoxy) is 1. The van der Waals surface area contributed by atoms with Gasteiger partial charge in [-0.15, -0.1) is 0 Å². The molecule has 1 aromatic heterocycles. The molecular formula is C12H13NO2. The lowest BCUT2D eigenvalue weighted by atomic mass is 10.2. The van der Waals surface area contributed by atoms with Crippen molar-refractivity contribution < 1.29 is 9.15 Å². The number of furan rings is 1. The van der Waals surface area contributed by atoms with Gasteiger partial charge in [0.25, 0.3) is 0 Å². The van der Waals surface area contributed by atoms with Crippen LogP contribution in [-0.4, -0.2) is 0 Å². The molecule has 3 nitrogen and oxygen atoms in total. The third-order valence-electron chi connectivity index (χ3n) is 2.14. The van der Waals surface area contributed by atoms with E-state index in [0.717, 1.165) is 17.1 Å². The lowest BCUT2D eigenvalue weighted by Crippen LogP contribution is -2.01. The molecule has 0 bridgehead atoms. The number of hydrogen-bond donors (Lipinski definition) is 1. The van der Waals surface area contributed by atoms with Gasteiger partial charge in [0.15, 0.2) is 0 Å². The Balaban J connectivity index is 2.04. The minimum absolute atomic E-state index is 0.435. The van der Waals surface area contributed by atoms with Crippen molar-refractivity contribution in [2.45, 2.75) is 13.2 Å². The van der Waals surface area contributed by atoms with Gasteiger partial charge in [0.1, 0.15) is 18.1 Å². The normalized spacial score (nSPS) is 10.2. The number of nitrogens with two attached hydrogens (primary N) is 1. The maximum Gasteiger partial charge on any atom is 0.146 e. The number of benzene rings is 1. The molecule has 78 valence electrons. The Kier molecular flexibility index (Phi) is 3.05. The van der Waals surface area contributed by atoms with E-state index >= 15 is 0 Å². The van der Waals surface area contributed by atoms with Gasteiger partial charge in [-0.2, -0.15) is 0 Å². The Morgan fingerprint density at radius 1 is 1.13 bits per heavy atom. The van der Waals surface area contributed by atoms with E-state index in [1.54, 1.807) is 6.26 Å². The molecule has 0 spiro atoms. The Morgan fingerprint density at radius 3 is 2.73 bits per heavy atom. The van der Waals surface area contributed by atoms with Crippen LogP contribution in [0.2, 0.25) is 0 Å². The molecule has 0 radical (unpaired) electrons. The van der Waals surface area contributed by atoms with Crippen LogP contribution in [0.15, 0.2) is 47.1 Å². The highest BCUT2D eigenvalue weighted by atomic mass is 16.5. The highest BCUT2D eigenvalue weighted by Gasteiger charge is 2.02. The first-order valence-electron chi connectivity index (χ1n) is 4.83. The van der Waals surface area contributed by atoms with Crippen LogP contribution in [0.5, 0.6) is 5.75 Å². The molecule has 0 unspecified atom stereocenters. The molecule has 0 amide bonds. The second kappa shape index (κ2) is 4.66. The summed E-state index contributed by atoms with van der Waals surface area (Å²) in [4.78, 5) is 0. The molecule has 2 N–H and O–H groups in total. The van der Waals surface area contributed by atoms with Crippen LogP contribution < -0.4 is 10.5 Å². The van der Waals surface area contributed by atoms with E-state index in [0.29, 0.717) is 13.2 Å². The Morgan fingerprint density at radius 2 is 2.00 bits per heavy atom. The number of para-hydroxylation sites is 1. The first-order valence-corrected chi connectivity index (χ1v) is 4.83. The predicted octanol–water partition coefficient (Wildman–Crippen LogP) is 2.32. The van der Waals surface area contributed by atoms with Crippen molar-refractivity contribution in [3.05, 3.63) is 54.0 Å². The van der Waals surface area contributed by atoms with E-state index in [-0.39, 0.29) is 0 Å². The van der Waals surface area contributed by atoms with Gasteiger partial charge in [0.2, 0.25) is 0 Å². The van der Waals surface area contributed by atoms with E-state index in [2.05, 4.69) is 0 Å². The fraction of sp³-hybridized carbons (Fsp3) is 0.167. The first-order chi connectivity index (χ1) is 7.40. The molecule has 1 heterocycles. The fourth-order valence-electron chi connectivity index (χ4n) is 1.36. The molecule has 2 rings (SSSR count). The molecule has 0 atom stereocenters. The highest BCUT2D eigenvalue weighted by Crippen LogP contribution is 2.18. The maximum absolute atomic E-state index is 5.60. The van der Waals surface area contributed by atoms with E-state index in [1.807, 2.05) is 36.4 Å². The van der Waals surface area contributed by atoms with Crippen molar-refractivity contribution in [2.75, 3.05) is 0 Å². The van der Waals surface area contributed by atoms with Crippen molar-refractivity contribution >= 4 is 0 Å². The SMILES string of the molecule is NCc1ccccc1OCc1ccco1. The minimum Gasteiger partial charge on any atom is -0.485 e. The smallest absolute Gasteiger partial charge is 0.146 e. The van der Waals surface area contributed by atoms with Crippen LogP contribution >= 0.6 is 0 Å². The fourth-order valence-corrected chi connectivity index (χ4v) is 1.36. The van der Waals surface area contributed by atoms with Crippen LogP contribution in [0.25, 0.3) is 0 Å². The van der Waals surface area contributed by atoms with Crippen LogP contribution in [-0.2, 0) is 13.2 Å². The van der Waals surface area contributed by atoms with Crippen LogP contribution in [0, 0.1) is 0 Å². The standard InChI is InChI=1S/C12H13NO2/c13-8-10-4-1-2-6-12(10)15-9-11-5-3-7-14-11/h1-7H,8-9,13H2. The summed E-state index contributed by atoms with van der Waals surface area (Å²) in [5, 5.41) is 0. The summed E-state index contributed by atoms with van der Waals surface area (Å²) in [6.07, 6.45) is 1.63. The average Bonchev–Trinajstić information content (AvgIpc) is 2.79. The Bertz CT molecular complexity index is 409. The second-order valence-corrected chi connectivity index (χ2v) is 3.18. The highest BCUT2D eigenvalue weighted by molar-refractivity contribution is 5.33. The Hall–Kier alpha value is -1.74. The molecule has 0 aliphatic heterocycles. The summed E-state index contributed by atoms with van der Waals surface area (Å²) < 4.78 is 10.8. The van der Waals surface area contributed by atoms with Gasteiger partial charge < -0.3 is 14.9 Å². The van der Waals surface area contributed by atoms with Gasteiger partial charge in [0.05, 0.1) is 6.26 Å². The van der Waals surface area contributed by atoms with E-state index < -0.39 is 0 Å². The largest absolute Gasteiger partial charge is 0.485 e. The molecule has 0 saturated heterocycles. The minimum atomic E-state index is 0.435. The van der Waals surface area contributed by atoms with Gasteiger partial charge in [-0.25, -0.2) is 0 Å². The van der Waals surface area contributed by atoms with E-state index in [1.165, 1.54) is 0 Å². The Labute approximate surface area is 88.5 Å². The zero-order chi connectivity index (χ0) is 10.5. The summed E-state index contributed by atoms with van der Waals surface area (Å²) in [5.74, 6) is 1.62. The molecule has 0 aliphatic carbocycles. The molecule has 0 aliphatic rings. The summed E-state index contributed by atoms with van der Waals surface area (Å²) in [5.41, 5.74) is 6.60. The quantitative estimate of drug-likeness (QED) is 0.829. The molecular weight excluding hydrogens is 190 g/mol. The molecule has 2 aromatic rings. The van der Waals surface area contributed by atoms with Crippen LogP contribution in [0.3, 0.4) is 0 Å². The van der Waals surface area contributed by atoms with Gasteiger partial charge in [-0.3, -0.25) is 0 Å². The van der Waals surface area contributed by atoms with Crippen molar-refractivity contribution in [1.29, 1.82) is 0 Å². The monoisotopic (exact) mass is 203 g/mol. The summed E-state index contributed by atoms with van der Waals surface area (Å²) in [7, 11) is 0. The first kappa shape index (κ1) is 9.80. The molecule has 1 aromatic carbocycles. The molecule has 0 fully saturated rings. The third kappa shape index (κ3) is 2.39. The van der Waals surface area contributed by atoms with Crippen molar-refractivity contribution in [3.8, 4) is 5.75 Å². The lowest BCUT2D eigenvalue weighted by Gasteiger charge is -2.08. The summed E-state index contributed by atoms with van der Waals surface area (Å²) in [6.45, 7) is 0.915. The molecule has 3 heteroatoms. The van der Waals surface area contributed by atoms with Crippen LogP contribution in [0.1, 0.15) is 11.3 Å². The van der Waals surface area contributed by atoms with E-state index in [4.69, 9.17) is 14.9 Å².